The standard InChI is InChI=1S/C28H22N2O4S/c1-2-34-27(32)25-24(20-14-12-18(13-15-20)16-23-26(31)29-28(33)35-23)21-10-6-7-11-22(21)30(25)17-19-8-4-3-5-9-19/h3-16H,2,17H2,1H3,(H,29,31,33)/b23-16+. The van der Waals surface area contributed by atoms with Crippen molar-refractivity contribution in [3.05, 3.63) is 101 Å². The summed E-state index contributed by atoms with van der Waals surface area (Å²) in [6.07, 6.45) is 1.68. The first-order valence-electron chi connectivity index (χ1n) is 11.2. The number of carbonyl (C=O) groups is 3. The van der Waals surface area contributed by atoms with Crippen LogP contribution in [0.3, 0.4) is 0 Å². The molecule has 2 amide bonds. The van der Waals surface area contributed by atoms with E-state index in [-0.39, 0.29) is 17.8 Å². The van der Waals surface area contributed by atoms with Gasteiger partial charge >= 0.3 is 5.97 Å². The number of carbonyl (C=O) groups excluding carboxylic acids is 3. The Morgan fingerprint density at radius 2 is 1.69 bits per heavy atom. The predicted octanol–water partition coefficient (Wildman–Crippen LogP) is 5.86. The van der Waals surface area contributed by atoms with E-state index in [2.05, 4.69) is 5.32 Å². The van der Waals surface area contributed by atoms with Crippen LogP contribution in [-0.4, -0.2) is 28.3 Å². The van der Waals surface area contributed by atoms with Crippen molar-refractivity contribution in [1.29, 1.82) is 0 Å². The van der Waals surface area contributed by atoms with Gasteiger partial charge in [-0.15, -0.1) is 0 Å². The summed E-state index contributed by atoms with van der Waals surface area (Å²) in [5, 5.41) is 2.84. The van der Waals surface area contributed by atoms with E-state index < -0.39 is 5.91 Å². The molecule has 0 atom stereocenters. The maximum atomic E-state index is 13.3. The Morgan fingerprint density at radius 3 is 2.37 bits per heavy atom. The molecule has 4 aromatic rings. The third-order valence-electron chi connectivity index (χ3n) is 5.76. The summed E-state index contributed by atoms with van der Waals surface area (Å²) >= 11 is 0.884. The number of nitrogens with one attached hydrogen (secondary N) is 1. The number of benzene rings is 3. The fourth-order valence-corrected chi connectivity index (χ4v) is 4.94. The molecule has 2 heterocycles. The van der Waals surface area contributed by atoms with Gasteiger partial charge in [-0.2, -0.15) is 0 Å². The topological polar surface area (TPSA) is 77.4 Å². The predicted molar refractivity (Wildman–Crippen MR) is 138 cm³/mol. The van der Waals surface area contributed by atoms with E-state index in [1.165, 1.54) is 0 Å². The first-order valence-corrected chi connectivity index (χ1v) is 12.0. The highest BCUT2D eigenvalue weighted by molar-refractivity contribution is 8.18. The zero-order valence-electron chi connectivity index (χ0n) is 19.0. The molecule has 1 aliphatic rings. The zero-order chi connectivity index (χ0) is 24.4. The molecular weight excluding hydrogens is 460 g/mol. The quantitative estimate of drug-likeness (QED) is 0.275. The Morgan fingerprint density at radius 1 is 0.971 bits per heavy atom. The molecule has 1 fully saturated rings. The number of thioether (sulfide) groups is 1. The summed E-state index contributed by atoms with van der Waals surface area (Å²) in [6, 6.07) is 25.5. The van der Waals surface area contributed by atoms with Gasteiger partial charge in [0.2, 0.25) is 0 Å². The molecule has 1 saturated heterocycles. The van der Waals surface area contributed by atoms with Gasteiger partial charge in [-0.05, 0) is 47.5 Å². The minimum absolute atomic E-state index is 0.274. The Labute approximate surface area is 206 Å². The highest BCUT2D eigenvalue weighted by atomic mass is 32.2. The van der Waals surface area contributed by atoms with Crippen molar-refractivity contribution in [1.82, 2.24) is 9.88 Å². The second kappa shape index (κ2) is 9.64. The lowest BCUT2D eigenvalue weighted by atomic mass is 10.00. The smallest absolute Gasteiger partial charge is 0.355 e. The second-order valence-electron chi connectivity index (χ2n) is 8.01. The number of fused-ring (bicyclic) bond motifs is 1. The Balaban J connectivity index is 1.63. The molecule has 6 nitrogen and oxygen atoms in total. The second-order valence-corrected chi connectivity index (χ2v) is 9.02. The van der Waals surface area contributed by atoms with Crippen LogP contribution in [0.15, 0.2) is 83.8 Å². The van der Waals surface area contributed by atoms with E-state index in [0.29, 0.717) is 17.1 Å². The van der Waals surface area contributed by atoms with Gasteiger partial charge in [0.15, 0.2) is 0 Å². The van der Waals surface area contributed by atoms with Crippen LogP contribution in [0.25, 0.3) is 28.1 Å². The van der Waals surface area contributed by atoms with Gasteiger partial charge in [0, 0.05) is 23.0 Å². The average Bonchev–Trinajstić information content (AvgIpc) is 3.36. The van der Waals surface area contributed by atoms with Gasteiger partial charge in [0.1, 0.15) is 5.69 Å². The number of hydrogen-bond acceptors (Lipinski definition) is 5. The number of nitrogens with zero attached hydrogens (tertiary/aromatic N) is 1. The molecular formula is C28H22N2O4S. The number of ether oxygens (including phenoxy) is 1. The highest BCUT2D eigenvalue weighted by Crippen LogP contribution is 2.36. The van der Waals surface area contributed by atoms with Crippen molar-refractivity contribution in [2.24, 2.45) is 0 Å². The molecule has 0 bridgehead atoms. The molecule has 35 heavy (non-hydrogen) atoms. The monoisotopic (exact) mass is 482 g/mol. The van der Waals surface area contributed by atoms with Crippen LogP contribution in [0.4, 0.5) is 4.79 Å². The van der Waals surface area contributed by atoms with E-state index in [9.17, 15) is 14.4 Å². The van der Waals surface area contributed by atoms with E-state index in [4.69, 9.17) is 4.74 Å². The third-order valence-corrected chi connectivity index (χ3v) is 6.57. The zero-order valence-corrected chi connectivity index (χ0v) is 19.8. The minimum Gasteiger partial charge on any atom is -0.461 e. The molecule has 5 rings (SSSR count). The fourth-order valence-electron chi connectivity index (χ4n) is 4.26. The lowest BCUT2D eigenvalue weighted by Gasteiger charge is -2.12. The lowest BCUT2D eigenvalue weighted by molar-refractivity contribution is -0.115. The molecule has 1 N–H and O–H groups in total. The van der Waals surface area contributed by atoms with E-state index in [1.807, 2.05) is 83.4 Å². The maximum Gasteiger partial charge on any atom is 0.355 e. The fraction of sp³-hybridized carbons (Fsp3) is 0.107. The normalized spacial score (nSPS) is 14.5. The summed E-state index contributed by atoms with van der Waals surface area (Å²) in [4.78, 5) is 36.9. The Kier molecular flexibility index (Phi) is 6.25. The van der Waals surface area contributed by atoms with Crippen LogP contribution in [0, 0.1) is 0 Å². The van der Waals surface area contributed by atoms with Crippen molar-refractivity contribution in [3.8, 4) is 11.1 Å². The number of rotatable bonds is 6. The molecule has 0 radical (unpaired) electrons. The molecule has 7 heteroatoms. The summed E-state index contributed by atoms with van der Waals surface area (Å²) in [7, 11) is 0. The number of amides is 2. The SMILES string of the molecule is CCOC(=O)c1c(-c2ccc(/C=C3/SC(=O)NC3=O)cc2)c2ccccc2n1Cc1ccccc1. The number of aromatic nitrogens is 1. The van der Waals surface area contributed by atoms with Crippen LogP contribution in [0.5, 0.6) is 0 Å². The summed E-state index contributed by atoms with van der Waals surface area (Å²) in [5.74, 6) is -0.768. The maximum absolute atomic E-state index is 13.3. The van der Waals surface area contributed by atoms with Gasteiger partial charge in [-0.1, -0.05) is 72.8 Å². The molecule has 1 aliphatic heterocycles. The molecule has 0 unspecified atom stereocenters. The third kappa shape index (κ3) is 4.50. The van der Waals surface area contributed by atoms with Crippen LogP contribution < -0.4 is 5.32 Å². The average molecular weight is 483 g/mol. The van der Waals surface area contributed by atoms with E-state index >= 15 is 0 Å². The summed E-state index contributed by atoms with van der Waals surface area (Å²) in [6.45, 7) is 2.60. The number of para-hydroxylation sites is 1. The minimum atomic E-state index is -0.391. The van der Waals surface area contributed by atoms with E-state index in [1.54, 1.807) is 13.0 Å². The first kappa shape index (κ1) is 22.7. The number of esters is 1. The van der Waals surface area contributed by atoms with Gasteiger partial charge in [-0.3, -0.25) is 14.9 Å². The molecule has 0 spiro atoms. The van der Waals surface area contributed by atoms with Crippen molar-refractivity contribution in [3.63, 3.8) is 0 Å². The summed E-state index contributed by atoms with van der Waals surface area (Å²) < 4.78 is 7.50. The van der Waals surface area contributed by atoms with E-state index in [0.717, 1.165) is 44.9 Å². The number of hydrogen-bond donors (Lipinski definition) is 1. The molecule has 0 saturated carbocycles. The summed E-state index contributed by atoms with van der Waals surface area (Å²) in [5.41, 5.74) is 4.97. The Bertz CT molecular complexity index is 1470. The van der Waals surface area contributed by atoms with Crippen LogP contribution >= 0.6 is 11.8 Å². The molecule has 0 aliphatic carbocycles. The lowest BCUT2D eigenvalue weighted by Crippen LogP contribution is -2.17. The first-order chi connectivity index (χ1) is 17.0. The van der Waals surface area contributed by atoms with Crippen molar-refractivity contribution < 1.29 is 19.1 Å². The Hall–Kier alpha value is -4.10. The van der Waals surface area contributed by atoms with Crippen LogP contribution in [0.1, 0.15) is 28.5 Å². The van der Waals surface area contributed by atoms with Gasteiger partial charge < -0.3 is 9.30 Å². The van der Waals surface area contributed by atoms with Crippen LogP contribution in [0.2, 0.25) is 0 Å². The molecule has 3 aromatic carbocycles. The van der Waals surface area contributed by atoms with Gasteiger partial charge in [-0.25, -0.2) is 4.79 Å². The largest absolute Gasteiger partial charge is 0.461 e. The van der Waals surface area contributed by atoms with Crippen LogP contribution in [-0.2, 0) is 16.1 Å². The van der Waals surface area contributed by atoms with Gasteiger partial charge in [0.25, 0.3) is 11.1 Å². The molecule has 1 aromatic heterocycles. The van der Waals surface area contributed by atoms with Gasteiger partial charge in [0.05, 0.1) is 11.5 Å². The highest BCUT2D eigenvalue weighted by Gasteiger charge is 2.26. The van der Waals surface area contributed by atoms with Crippen molar-refractivity contribution in [2.75, 3.05) is 6.61 Å². The number of imide groups is 1. The molecule has 174 valence electrons. The van der Waals surface area contributed by atoms with Crippen molar-refractivity contribution in [2.45, 2.75) is 13.5 Å². The van der Waals surface area contributed by atoms with Crippen molar-refractivity contribution >= 4 is 45.9 Å².